The maximum Gasteiger partial charge on any atom is 0.265 e. The summed E-state index contributed by atoms with van der Waals surface area (Å²) in [6.45, 7) is 2.48. The molecule has 3 aromatic carbocycles. The van der Waals surface area contributed by atoms with Crippen molar-refractivity contribution in [1.82, 2.24) is 0 Å². The van der Waals surface area contributed by atoms with Crippen molar-refractivity contribution >= 4 is 34.0 Å². The van der Waals surface area contributed by atoms with Gasteiger partial charge in [-0.3, -0.25) is 9.59 Å². The van der Waals surface area contributed by atoms with Crippen molar-refractivity contribution in [2.24, 2.45) is 0 Å². The molecule has 1 aliphatic rings. The van der Waals surface area contributed by atoms with Crippen molar-refractivity contribution in [1.29, 1.82) is 0 Å². The van der Waals surface area contributed by atoms with Gasteiger partial charge in [-0.05, 0) is 49.1 Å². The summed E-state index contributed by atoms with van der Waals surface area (Å²) >= 11 is 0. The maximum absolute atomic E-state index is 12.5. The number of fused-ring (bicyclic) bond motifs is 1. The molecule has 1 fully saturated rings. The van der Waals surface area contributed by atoms with Crippen LogP contribution in [0.3, 0.4) is 0 Å². The van der Waals surface area contributed by atoms with Gasteiger partial charge in [-0.15, -0.1) is 0 Å². The number of hydrogen-bond donors (Lipinski definition) is 1. The number of benzene rings is 3. The van der Waals surface area contributed by atoms with E-state index in [-0.39, 0.29) is 11.8 Å². The van der Waals surface area contributed by atoms with Crippen molar-refractivity contribution in [3.8, 4) is 5.75 Å². The van der Waals surface area contributed by atoms with Crippen LogP contribution in [-0.4, -0.2) is 24.5 Å². The van der Waals surface area contributed by atoms with Crippen LogP contribution in [0, 0.1) is 0 Å². The number of rotatable bonds is 5. The molecule has 1 atom stereocenters. The van der Waals surface area contributed by atoms with Crippen LogP contribution in [0.5, 0.6) is 5.75 Å². The SMILES string of the molecule is C[C@@H](Oc1cccc2ccccc12)C(=O)Nc1ccc(N2CCCC2=O)cc1. The van der Waals surface area contributed by atoms with E-state index in [1.807, 2.05) is 66.7 Å². The summed E-state index contributed by atoms with van der Waals surface area (Å²) in [5, 5.41) is 4.92. The van der Waals surface area contributed by atoms with Gasteiger partial charge in [0.2, 0.25) is 5.91 Å². The molecule has 28 heavy (non-hydrogen) atoms. The van der Waals surface area contributed by atoms with E-state index in [0.29, 0.717) is 17.9 Å². The number of ether oxygens (including phenoxy) is 1. The van der Waals surface area contributed by atoms with Gasteiger partial charge < -0.3 is 15.0 Å². The Bertz CT molecular complexity index is 1010. The number of nitrogens with zero attached hydrogens (tertiary/aromatic N) is 1. The van der Waals surface area contributed by atoms with Crippen molar-refractivity contribution in [2.75, 3.05) is 16.8 Å². The molecule has 0 spiro atoms. The summed E-state index contributed by atoms with van der Waals surface area (Å²) in [6.07, 6.45) is 0.840. The molecule has 1 saturated heterocycles. The zero-order valence-electron chi connectivity index (χ0n) is 15.7. The van der Waals surface area contributed by atoms with Gasteiger partial charge in [0.1, 0.15) is 5.75 Å². The van der Waals surface area contributed by atoms with Crippen LogP contribution in [0.4, 0.5) is 11.4 Å². The molecule has 0 radical (unpaired) electrons. The Balaban J connectivity index is 1.42. The quantitative estimate of drug-likeness (QED) is 0.721. The number of amides is 2. The third-order valence-corrected chi connectivity index (χ3v) is 4.94. The summed E-state index contributed by atoms with van der Waals surface area (Å²) < 4.78 is 5.92. The molecule has 0 bridgehead atoms. The number of nitrogens with one attached hydrogen (secondary N) is 1. The van der Waals surface area contributed by atoms with Crippen LogP contribution < -0.4 is 15.0 Å². The highest BCUT2D eigenvalue weighted by Crippen LogP contribution is 2.27. The molecule has 1 N–H and O–H groups in total. The molecule has 3 aromatic rings. The molecule has 142 valence electrons. The van der Waals surface area contributed by atoms with E-state index in [1.54, 1.807) is 11.8 Å². The van der Waals surface area contributed by atoms with Crippen molar-refractivity contribution in [2.45, 2.75) is 25.9 Å². The topological polar surface area (TPSA) is 58.6 Å². The first kappa shape index (κ1) is 18.0. The highest BCUT2D eigenvalue weighted by Gasteiger charge is 2.21. The van der Waals surface area contributed by atoms with E-state index in [4.69, 9.17) is 4.74 Å². The lowest BCUT2D eigenvalue weighted by atomic mass is 10.1. The largest absolute Gasteiger partial charge is 0.480 e. The molecule has 1 heterocycles. The highest BCUT2D eigenvalue weighted by atomic mass is 16.5. The van der Waals surface area contributed by atoms with Gasteiger partial charge in [0.05, 0.1) is 0 Å². The Labute approximate surface area is 163 Å². The van der Waals surface area contributed by atoms with Gasteiger partial charge >= 0.3 is 0 Å². The van der Waals surface area contributed by atoms with Gasteiger partial charge in [-0.1, -0.05) is 36.4 Å². The molecule has 0 aliphatic carbocycles. The number of carbonyl (C=O) groups excluding carboxylic acids is 2. The predicted octanol–water partition coefficient (Wildman–Crippen LogP) is 4.37. The van der Waals surface area contributed by atoms with Gasteiger partial charge in [0, 0.05) is 29.7 Å². The third-order valence-electron chi connectivity index (χ3n) is 4.94. The molecule has 0 unspecified atom stereocenters. The summed E-state index contributed by atoms with van der Waals surface area (Å²) in [5.74, 6) is 0.607. The summed E-state index contributed by atoms with van der Waals surface area (Å²) in [5.41, 5.74) is 1.54. The Morgan fingerprint density at radius 1 is 1.04 bits per heavy atom. The zero-order valence-corrected chi connectivity index (χ0v) is 15.7. The number of hydrogen-bond acceptors (Lipinski definition) is 3. The fourth-order valence-electron chi connectivity index (χ4n) is 3.43. The standard InChI is InChI=1S/C23H22N2O3/c1-16(28-21-9-4-7-17-6-2-3-8-20(17)21)23(27)24-18-11-13-19(14-12-18)25-15-5-10-22(25)26/h2-4,6-9,11-14,16H,5,10,15H2,1H3,(H,24,27)/t16-/m1/s1. The first-order valence-electron chi connectivity index (χ1n) is 9.47. The van der Waals surface area contributed by atoms with Crippen molar-refractivity contribution in [3.63, 3.8) is 0 Å². The lowest BCUT2D eigenvalue weighted by molar-refractivity contribution is -0.122. The monoisotopic (exact) mass is 374 g/mol. The lowest BCUT2D eigenvalue weighted by Gasteiger charge is -2.18. The van der Waals surface area contributed by atoms with E-state index in [0.717, 1.165) is 29.4 Å². The summed E-state index contributed by atoms with van der Waals surface area (Å²) in [6, 6.07) is 21.0. The lowest BCUT2D eigenvalue weighted by Crippen LogP contribution is -2.30. The second kappa shape index (κ2) is 7.72. The van der Waals surface area contributed by atoms with Crippen LogP contribution >= 0.6 is 0 Å². The van der Waals surface area contributed by atoms with E-state index < -0.39 is 6.10 Å². The van der Waals surface area contributed by atoms with E-state index in [2.05, 4.69) is 5.32 Å². The minimum Gasteiger partial charge on any atom is -0.480 e. The van der Waals surface area contributed by atoms with E-state index in [1.165, 1.54) is 0 Å². The first-order chi connectivity index (χ1) is 13.6. The third kappa shape index (κ3) is 3.69. The van der Waals surface area contributed by atoms with Gasteiger partial charge in [-0.2, -0.15) is 0 Å². The van der Waals surface area contributed by atoms with Gasteiger partial charge in [0.15, 0.2) is 6.10 Å². The molecule has 5 nitrogen and oxygen atoms in total. The van der Waals surface area contributed by atoms with Crippen LogP contribution in [0.25, 0.3) is 10.8 Å². The van der Waals surface area contributed by atoms with Crippen LogP contribution in [0.15, 0.2) is 66.7 Å². The van der Waals surface area contributed by atoms with E-state index in [9.17, 15) is 9.59 Å². The Morgan fingerprint density at radius 3 is 2.54 bits per heavy atom. The second-order valence-electron chi connectivity index (χ2n) is 6.92. The molecule has 5 heteroatoms. The average molecular weight is 374 g/mol. The first-order valence-corrected chi connectivity index (χ1v) is 9.47. The second-order valence-corrected chi connectivity index (χ2v) is 6.92. The smallest absolute Gasteiger partial charge is 0.265 e. The zero-order chi connectivity index (χ0) is 19.5. The van der Waals surface area contributed by atoms with Crippen LogP contribution in [-0.2, 0) is 9.59 Å². The molecule has 0 aromatic heterocycles. The van der Waals surface area contributed by atoms with Gasteiger partial charge in [-0.25, -0.2) is 0 Å². The summed E-state index contributed by atoms with van der Waals surface area (Å²) in [7, 11) is 0. The van der Waals surface area contributed by atoms with Gasteiger partial charge in [0.25, 0.3) is 5.91 Å². The van der Waals surface area contributed by atoms with Crippen LogP contribution in [0.1, 0.15) is 19.8 Å². The van der Waals surface area contributed by atoms with Crippen molar-refractivity contribution in [3.05, 3.63) is 66.7 Å². The fourth-order valence-corrected chi connectivity index (χ4v) is 3.43. The molecule has 1 aliphatic heterocycles. The van der Waals surface area contributed by atoms with E-state index >= 15 is 0 Å². The molecular formula is C23H22N2O3. The maximum atomic E-state index is 12.5. The Hall–Kier alpha value is -3.34. The minimum atomic E-state index is -0.648. The molecular weight excluding hydrogens is 352 g/mol. The van der Waals surface area contributed by atoms with Crippen molar-refractivity contribution < 1.29 is 14.3 Å². The Morgan fingerprint density at radius 2 is 1.79 bits per heavy atom. The highest BCUT2D eigenvalue weighted by molar-refractivity contribution is 5.97. The molecule has 0 saturated carbocycles. The molecule has 2 amide bonds. The minimum absolute atomic E-state index is 0.147. The average Bonchev–Trinajstić information content (AvgIpc) is 3.14. The Kier molecular flexibility index (Phi) is 4.98. The normalized spacial score (nSPS) is 14.9. The fraction of sp³-hybridized carbons (Fsp3) is 0.217. The van der Waals surface area contributed by atoms with Crippen LogP contribution in [0.2, 0.25) is 0 Å². The number of anilines is 2. The summed E-state index contributed by atoms with van der Waals surface area (Å²) in [4.78, 5) is 26.2. The predicted molar refractivity (Wildman–Crippen MR) is 111 cm³/mol. The number of carbonyl (C=O) groups is 2. The molecule has 4 rings (SSSR count).